The fourth-order valence-electron chi connectivity index (χ4n) is 7.46. The lowest BCUT2D eigenvalue weighted by Gasteiger charge is -2.40. The highest BCUT2D eigenvalue weighted by Crippen LogP contribution is 2.47. The Morgan fingerprint density at radius 1 is 0.500 bits per heavy atom. The zero-order chi connectivity index (χ0) is 28.8. The second-order valence-corrected chi connectivity index (χ2v) is 11.7. The van der Waals surface area contributed by atoms with Crippen molar-refractivity contribution in [3.05, 3.63) is 152 Å². The van der Waals surface area contributed by atoms with Crippen LogP contribution in [0.5, 0.6) is 5.75 Å². The summed E-state index contributed by atoms with van der Waals surface area (Å²) >= 11 is 0. The molecule has 2 aliphatic heterocycles. The molecule has 0 spiro atoms. The van der Waals surface area contributed by atoms with Crippen molar-refractivity contribution in [1.29, 1.82) is 0 Å². The lowest BCUT2D eigenvalue weighted by molar-refractivity contribution is 0.590. The van der Waals surface area contributed by atoms with Crippen LogP contribution in [0.3, 0.4) is 0 Å². The molecular weight excluding hydrogens is 535 g/mol. The molecule has 44 heavy (non-hydrogen) atoms. The molecule has 2 aliphatic rings. The maximum atomic E-state index is 7.04. The summed E-state index contributed by atoms with van der Waals surface area (Å²) in [6.07, 6.45) is 2.21. The molecule has 0 saturated heterocycles. The van der Waals surface area contributed by atoms with Gasteiger partial charge in [0, 0.05) is 45.1 Å². The second-order valence-electron chi connectivity index (χ2n) is 11.7. The smallest absolute Gasteiger partial charge is 0.432 e. The van der Waals surface area contributed by atoms with Crippen molar-refractivity contribution in [2.45, 2.75) is 0 Å². The molecule has 0 N–H and O–H groups in total. The Kier molecular flexibility index (Phi) is 4.80. The van der Waals surface area contributed by atoms with E-state index in [9.17, 15) is 0 Å². The van der Waals surface area contributed by atoms with Gasteiger partial charge in [0.1, 0.15) is 5.75 Å². The van der Waals surface area contributed by atoms with Gasteiger partial charge in [-0.2, -0.15) is 0 Å². The first kappa shape index (κ1) is 23.8. The Balaban J connectivity index is 1.38. The van der Waals surface area contributed by atoms with Gasteiger partial charge in [0.05, 0.1) is 11.2 Å². The zero-order valence-electron chi connectivity index (χ0n) is 23.8. The van der Waals surface area contributed by atoms with Crippen molar-refractivity contribution in [1.82, 2.24) is 4.57 Å². The minimum Gasteiger partial charge on any atom is -0.551 e. The van der Waals surface area contributed by atoms with Gasteiger partial charge >= 0.3 is 6.92 Å². The number of anilines is 3. The minimum atomic E-state index is -0.239. The maximum absolute atomic E-state index is 7.04. The van der Waals surface area contributed by atoms with Crippen LogP contribution in [-0.4, -0.2) is 11.5 Å². The lowest BCUT2D eigenvalue weighted by Crippen LogP contribution is -2.56. The van der Waals surface area contributed by atoms with E-state index in [2.05, 4.69) is 161 Å². The Morgan fingerprint density at radius 3 is 2.16 bits per heavy atom. The third-order valence-electron chi connectivity index (χ3n) is 9.39. The molecule has 7 aromatic carbocycles. The lowest BCUT2D eigenvalue weighted by atomic mass is 9.48. The molecule has 0 unspecified atom stereocenters. The van der Waals surface area contributed by atoms with Gasteiger partial charge in [0.15, 0.2) is 0 Å². The highest BCUT2D eigenvalue weighted by molar-refractivity contribution is 6.87. The monoisotopic (exact) mass is 560 g/mol. The van der Waals surface area contributed by atoms with Gasteiger partial charge in [0.25, 0.3) is 0 Å². The van der Waals surface area contributed by atoms with Gasteiger partial charge in [-0.15, -0.1) is 0 Å². The zero-order valence-corrected chi connectivity index (χ0v) is 23.8. The molecule has 204 valence electrons. The SMILES string of the molecule is c1ccc(-n2ccc3c4c5c(cc32)-c2ccccc2OB5c2c(ccc3ccccc23)N4c2ccc3ccccc3c2)cc1. The van der Waals surface area contributed by atoms with E-state index >= 15 is 0 Å². The number of rotatable bonds is 2. The molecule has 0 bridgehead atoms. The van der Waals surface area contributed by atoms with E-state index in [0.29, 0.717) is 0 Å². The summed E-state index contributed by atoms with van der Waals surface area (Å²) in [6.45, 7) is -0.239. The Morgan fingerprint density at radius 2 is 1.25 bits per heavy atom. The van der Waals surface area contributed by atoms with Crippen LogP contribution in [0, 0.1) is 0 Å². The van der Waals surface area contributed by atoms with E-state index in [1.165, 1.54) is 54.6 Å². The average molecular weight is 560 g/mol. The Hall–Kier alpha value is -5.74. The third kappa shape index (κ3) is 3.22. The predicted molar refractivity (Wildman–Crippen MR) is 184 cm³/mol. The van der Waals surface area contributed by atoms with Crippen molar-refractivity contribution in [3.8, 4) is 22.6 Å². The number of benzene rings is 7. The standard InChI is InChI=1S/C40H25BN2O/c1-2-13-29(14-3-1)42-23-22-33-36(42)25-34-32-16-8-9-17-37(32)44-41-38-31-15-7-6-11-27(31)19-21-35(38)43(40(33)39(34)41)30-20-18-26-10-4-5-12-28(26)24-30/h1-25H. The van der Waals surface area contributed by atoms with E-state index in [1.54, 1.807) is 0 Å². The number of hydrogen-bond donors (Lipinski definition) is 0. The summed E-state index contributed by atoms with van der Waals surface area (Å²) in [7, 11) is 0. The van der Waals surface area contributed by atoms with E-state index in [0.717, 1.165) is 28.4 Å². The normalized spacial score (nSPS) is 13.1. The largest absolute Gasteiger partial charge is 0.551 e. The van der Waals surface area contributed by atoms with Crippen molar-refractivity contribution in [2.75, 3.05) is 4.90 Å². The number of fused-ring (bicyclic) bond motifs is 9. The fraction of sp³-hybridized carbons (Fsp3) is 0. The van der Waals surface area contributed by atoms with Crippen LogP contribution in [0.2, 0.25) is 0 Å². The molecular formula is C40H25BN2O. The van der Waals surface area contributed by atoms with Gasteiger partial charge in [-0.05, 0) is 75.6 Å². The second kappa shape index (κ2) is 8.89. The number of aromatic nitrogens is 1. The van der Waals surface area contributed by atoms with Crippen LogP contribution in [0.15, 0.2) is 152 Å². The molecule has 8 aromatic rings. The summed E-state index contributed by atoms with van der Waals surface area (Å²) in [6, 6.07) is 52.4. The summed E-state index contributed by atoms with van der Waals surface area (Å²) in [5.41, 5.74) is 10.6. The van der Waals surface area contributed by atoms with Crippen LogP contribution in [0.25, 0.3) is 49.3 Å². The first-order valence-corrected chi connectivity index (χ1v) is 15.1. The fourth-order valence-corrected chi connectivity index (χ4v) is 7.46. The van der Waals surface area contributed by atoms with Gasteiger partial charge in [-0.3, -0.25) is 0 Å². The molecule has 1 aromatic heterocycles. The van der Waals surface area contributed by atoms with E-state index < -0.39 is 0 Å². The number of para-hydroxylation sites is 2. The molecule has 0 amide bonds. The number of hydrogen-bond acceptors (Lipinski definition) is 2. The van der Waals surface area contributed by atoms with Crippen LogP contribution in [0.4, 0.5) is 17.1 Å². The van der Waals surface area contributed by atoms with Crippen LogP contribution in [0.1, 0.15) is 0 Å². The van der Waals surface area contributed by atoms with Crippen molar-refractivity contribution in [3.63, 3.8) is 0 Å². The molecule has 0 fully saturated rings. The Labute approximate surface area is 255 Å². The average Bonchev–Trinajstić information content (AvgIpc) is 3.52. The molecule has 0 atom stereocenters. The van der Waals surface area contributed by atoms with Crippen LogP contribution < -0.4 is 20.5 Å². The molecule has 0 radical (unpaired) electrons. The van der Waals surface area contributed by atoms with Crippen LogP contribution >= 0.6 is 0 Å². The molecule has 10 rings (SSSR count). The molecule has 3 nitrogen and oxygen atoms in total. The topological polar surface area (TPSA) is 17.4 Å². The van der Waals surface area contributed by atoms with E-state index in [4.69, 9.17) is 4.65 Å². The van der Waals surface area contributed by atoms with Gasteiger partial charge in [0.2, 0.25) is 0 Å². The Bertz CT molecular complexity index is 2450. The first-order valence-electron chi connectivity index (χ1n) is 15.1. The van der Waals surface area contributed by atoms with Gasteiger partial charge in [-0.1, -0.05) is 97.1 Å². The first-order chi connectivity index (χ1) is 21.8. The molecule has 3 heterocycles. The van der Waals surface area contributed by atoms with Crippen molar-refractivity contribution >= 4 is 67.4 Å². The molecule has 0 aliphatic carbocycles. The van der Waals surface area contributed by atoms with Crippen LogP contribution in [-0.2, 0) is 0 Å². The predicted octanol–water partition coefficient (Wildman–Crippen LogP) is 8.89. The summed E-state index contributed by atoms with van der Waals surface area (Å²) in [5.74, 6) is 0.922. The van der Waals surface area contributed by atoms with Crippen molar-refractivity contribution in [2.24, 2.45) is 0 Å². The maximum Gasteiger partial charge on any atom is 0.432 e. The highest BCUT2D eigenvalue weighted by Gasteiger charge is 2.44. The van der Waals surface area contributed by atoms with E-state index in [-0.39, 0.29) is 6.92 Å². The van der Waals surface area contributed by atoms with Gasteiger partial charge < -0.3 is 14.1 Å². The highest BCUT2D eigenvalue weighted by atomic mass is 16.4. The molecule has 4 heteroatoms. The van der Waals surface area contributed by atoms with Crippen molar-refractivity contribution < 1.29 is 4.65 Å². The minimum absolute atomic E-state index is 0.239. The summed E-state index contributed by atoms with van der Waals surface area (Å²) < 4.78 is 9.35. The third-order valence-corrected chi connectivity index (χ3v) is 9.39. The number of nitrogens with zero attached hydrogens (tertiary/aromatic N) is 2. The van der Waals surface area contributed by atoms with Gasteiger partial charge in [-0.25, -0.2) is 0 Å². The summed E-state index contributed by atoms with van der Waals surface area (Å²) in [5, 5.41) is 6.09. The summed E-state index contributed by atoms with van der Waals surface area (Å²) in [4.78, 5) is 2.48. The quantitative estimate of drug-likeness (QED) is 0.197. The molecule has 0 saturated carbocycles. The van der Waals surface area contributed by atoms with E-state index in [1.807, 2.05) is 0 Å².